The topological polar surface area (TPSA) is 32.3 Å². The monoisotopic (exact) mass is 224 g/mol. The largest absolute Gasteiger partial charge is 0.338 e. The Morgan fingerprint density at radius 2 is 2.07 bits per heavy atom. The third-order valence-corrected chi connectivity index (χ3v) is 2.79. The lowest BCUT2D eigenvalue weighted by Crippen LogP contribution is -2.46. The number of hydrogen-bond donors (Lipinski definition) is 1. The number of alkyl halides is 1. The number of hydrogen-bond acceptors (Lipinski definition) is 1. The van der Waals surface area contributed by atoms with Crippen LogP contribution in [0.15, 0.2) is 24.3 Å². The second-order valence-electron chi connectivity index (χ2n) is 3.54. The van der Waals surface area contributed by atoms with Crippen LogP contribution in [0.5, 0.6) is 0 Å². The summed E-state index contributed by atoms with van der Waals surface area (Å²) in [5, 5.41) is 2.82. The van der Waals surface area contributed by atoms with Crippen molar-refractivity contribution in [3.8, 4) is 0 Å². The van der Waals surface area contributed by atoms with Gasteiger partial charge in [-0.05, 0) is 24.1 Å². The van der Waals surface area contributed by atoms with Gasteiger partial charge in [0.25, 0.3) is 0 Å². The first kappa shape index (κ1) is 10.3. The number of anilines is 1. The number of urea groups is 1. The number of benzene rings is 1. The maximum Gasteiger partial charge on any atom is 0.321 e. The van der Waals surface area contributed by atoms with E-state index in [9.17, 15) is 4.79 Å². The Kier molecular flexibility index (Phi) is 3.11. The number of carbonyl (C=O) groups is 1. The summed E-state index contributed by atoms with van der Waals surface area (Å²) in [6.07, 6.45) is 0.989. The summed E-state index contributed by atoms with van der Waals surface area (Å²) in [6.45, 7) is 1.56. The highest BCUT2D eigenvalue weighted by molar-refractivity contribution is 6.17. The third-order valence-electron chi connectivity index (χ3n) is 2.48. The molecule has 0 bridgehead atoms. The quantitative estimate of drug-likeness (QED) is 0.769. The highest BCUT2D eigenvalue weighted by Crippen LogP contribution is 2.18. The van der Waals surface area contributed by atoms with Crippen LogP contribution in [-0.2, 0) is 5.88 Å². The van der Waals surface area contributed by atoms with Crippen LogP contribution < -0.4 is 10.2 Å². The van der Waals surface area contributed by atoms with E-state index in [0.29, 0.717) is 5.88 Å². The Morgan fingerprint density at radius 1 is 1.33 bits per heavy atom. The molecule has 1 saturated heterocycles. The fourth-order valence-corrected chi connectivity index (χ4v) is 1.82. The zero-order chi connectivity index (χ0) is 10.7. The minimum Gasteiger partial charge on any atom is -0.338 e. The predicted molar refractivity (Wildman–Crippen MR) is 61.4 cm³/mol. The molecule has 0 atom stereocenters. The van der Waals surface area contributed by atoms with Gasteiger partial charge in [0.1, 0.15) is 0 Å². The average Bonchev–Trinajstić information content (AvgIpc) is 2.30. The molecule has 4 heteroatoms. The molecule has 80 valence electrons. The Bertz CT molecular complexity index is 350. The summed E-state index contributed by atoms with van der Waals surface area (Å²) in [6, 6.07) is 7.75. The molecule has 0 aromatic heterocycles. The Balaban J connectivity index is 2.17. The zero-order valence-corrected chi connectivity index (χ0v) is 9.13. The molecule has 2 amide bonds. The lowest BCUT2D eigenvalue weighted by atomic mass is 10.2. The molecule has 1 heterocycles. The first-order chi connectivity index (χ1) is 7.31. The molecule has 1 aliphatic heterocycles. The second kappa shape index (κ2) is 4.53. The zero-order valence-electron chi connectivity index (χ0n) is 8.37. The molecule has 1 aromatic rings. The third kappa shape index (κ3) is 2.23. The van der Waals surface area contributed by atoms with Crippen LogP contribution in [0.2, 0.25) is 0 Å². The number of amides is 2. The summed E-state index contributed by atoms with van der Waals surface area (Å²) < 4.78 is 0. The Hall–Kier alpha value is -1.22. The fraction of sp³-hybridized carbons (Fsp3) is 0.364. The first-order valence-electron chi connectivity index (χ1n) is 5.01. The first-order valence-corrected chi connectivity index (χ1v) is 5.55. The predicted octanol–water partition coefficient (Wildman–Crippen LogP) is 2.35. The lowest BCUT2D eigenvalue weighted by Gasteiger charge is -2.27. The van der Waals surface area contributed by atoms with E-state index in [-0.39, 0.29) is 6.03 Å². The number of carbonyl (C=O) groups excluding carboxylic acids is 1. The lowest BCUT2D eigenvalue weighted by molar-refractivity contribution is 0.243. The highest BCUT2D eigenvalue weighted by Gasteiger charge is 2.18. The van der Waals surface area contributed by atoms with Crippen molar-refractivity contribution in [2.45, 2.75) is 12.3 Å². The molecule has 0 saturated carbocycles. The molecular weight excluding hydrogens is 212 g/mol. The van der Waals surface area contributed by atoms with E-state index < -0.39 is 0 Å². The van der Waals surface area contributed by atoms with Crippen LogP contribution in [0.1, 0.15) is 12.0 Å². The molecule has 0 aliphatic carbocycles. The number of halogens is 1. The Morgan fingerprint density at radius 3 is 2.67 bits per heavy atom. The van der Waals surface area contributed by atoms with Crippen LogP contribution in [0.3, 0.4) is 0 Å². The number of rotatable bonds is 2. The number of nitrogens with one attached hydrogen (secondary N) is 1. The SMILES string of the molecule is O=C1NCCCN1c1ccc(CCl)cc1. The molecular formula is C11H13ClN2O. The van der Waals surface area contributed by atoms with E-state index in [0.717, 1.165) is 30.8 Å². The molecule has 0 spiro atoms. The molecule has 1 N–H and O–H groups in total. The van der Waals surface area contributed by atoms with Gasteiger partial charge >= 0.3 is 6.03 Å². The van der Waals surface area contributed by atoms with Gasteiger partial charge in [0, 0.05) is 24.7 Å². The highest BCUT2D eigenvalue weighted by atomic mass is 35.5. The Labute approximate surface area is 94.0 Å². The molecule has 3 nitrogen and oxygen atoms in total. The van der Waals surface area contributed by atoms with Crippen molar-refractivity contribution in [3.63, 3.8) is 0 Å². The fourth-order valence-electron chi connectivity index (χ4n) is 1.64. The summed E-state index contributed by atoms with van der Waals surface area (Å²) >= 11 is 5.70. The van der Waals surface area contributed by atoms with Crippen molar-refractivity contribution >= 4 is 23.3 Å². The summed E-state index contributed by atoms with van der Waals surface area (Å²) in [7, 11) is 0. The maximum absolute atomic E-state index is 11.5. The van der Waals surface area contributed by atoms with Crippen LogP contribution >= 0.6 is 11.6 Å². The van der Waals surface area contributed by atoms with Crippen molar-refractivity contribution in [1.82, 2.24) is 5.32 Å². The van der Waals surface area contributed by atoms with Crippen LogP contribution in [-0.4, -0.2) is 19.1 Å². The van der Waals surface area contributed by atoms with Gasteiger partial charge in [-0.1, -0.05) is 12.1 Å². The smallest absolute Gasteiger partial charge is 0.321 e. The van der Waals surface area contributed by atoms with Crippen LogP contribution in [0, 0.1) is 0 Å². The van der Waals surface area contributed by atoms with E-state index in [2.05, 4.69) is 5.32 Å². The van der Waals surface area contributed by atoms with Gasteiger partial charge in [-0.2, -0.15) is 0 Å². The second-order valence-corrected chi connectivity index (χ2v) is 3.80. The van der Waals surface area contributed by atoms with Gasteiger partial charge < -0.3 is 5.32 Å². The van der Waals surface area contributed by atoms with Gasteiger partial charge in [-0.3, -0.25) is 4.90 Å². The normalized spacial score (nSPS) is 16.3. The minimum atomic E-state index is -0.0140. The summed E-state index contributed by atoms with van der Waals surface area (Å²) in [5.74, 6) is 0.506. The van der Waals surface area contributed by atoms with Gasteiger partial charge in [0.15, 0.2) is 0 Å². The van der Waals surface area contributed by atoms with Crippen molar-refractivity contribution < 1.29 is 4.79 Å². The molecule has 1 fully saturated rings. The molecule has 0 radical (unpaired) electrons. The summed E-state index contributed by atoms with van der Waals surface area (Å²) in [5.41, 5.74) is 2.00. The maximum atomic E-state index is 11.5. The van der Waals surface area contributed by atoms with Crippen molar-refractivity contribution in [1.29, 1.82) is 0 Å². The molecule has 1 aromatic carbocycles. The van der Waals surface area contributed by atoms with E-state index in [4.69, 9.17) is 11.6 Å². The molecule has 1 aliphatic rings. The number of nitrogens with zero attached hydrogens (tertiary/aromatic N) is 1. The van der Waals surface area contributed by atoms with Crippen molar-refractivity contribution in [3.05, 3.63) is 29.8 Å². The van der Waals surface area contributed by atoms with E-state index in [1.54, 1.807) is 4.90 Å². The average molecular weight is 225 g/mol. The van der Waals surface area contributed by atoms with Crippen LogP contribution in [0.25, 0.3) is 0 Å². The van der Waals surface area contributed by atoms with Gasteiger partial charge in [-0.25, -0.2) is 4.79 Å². The van der Waals surface area contributed by atoms with Gasteiger partial charge in [-0.15, -0.1) is 11.6 Å². The minimum absolute atomic E-state index is 0.0140. The standard InChI is InChI=1S/C11H13ClN2O/c12-8-9-2-4-10(5-3-9)14-7-1-6-13-11(14)15/h2-5H,1,6-8H2,(H,13,15). The van der Waals surface area contributed by atoms with E-state index >= 15 is 0 Å². The van der Waals surface area contributed by atoms with E-state index in [1.807, 2.05) is 24.3 Å². The molecule has 0 unspecified atom stereocenters. The van der Waals surface area contributed by atoms with Crippen molar-refractivity contribution in [2.24, 2.45) is 0 Å². The van der Waals surface area contributed by atoms with Gasteiger partial charge in [0.05, 0.1) is 0 Å². The van der Waals surface area contributed by atoms with Gasteiger partial charge in [0.2, 0.25) is 0 Å². The molecule has 2 rings (SSSR count). The van der Waals surface area contributed by atoms with Crippen molar-refractivity contribution in [2.75, 3.05) is 18.0 Å². The van der Waals surface area contributed by atoms with E-state index in [1.165, 1.54) is 0 Å². The molecule has 15 heavy (non-hydrogen) atoms. The van der Waals surface area contributed by atoms with Crippen LogP contribution in [0.4, 0.5) is 10.5 Å². The summed E-state index contributed by atoms with van der Waals surface area (Å²) in [4.78, 5) is 13.3.